The third-order valence-electron chi connectivity index (χ3n) is 15.3. The number of carbonyl (C=O) groups excluding carboxylic acids is 2. The van der Waals surface area contributed by atoms with Crippen LogP contribution in [0.4, 0.5) is 34.6 Å². The minimum absolute atomic E-state index is 0.00936. The first-order valence-corrected chi connectivity index (χ1v) is 29.0. The van der Waals surface area contributed by atoms with Gasteiger partial charge in [0.15, 0.2) is 0 Å². The molecule has 3 heterocycles. The molecule has 0 unspecified atom stereocenters. The summed E-state index contributed by atoms with van der Waals surface area (Å²) in [6.07, 6.45) is -5.07. The number of likely N-dealkylation sites (N-methyl/N-ethyl adjacent to an activating group) is 1. The third-order valence-corrected chi connectivity index (χ3v) is 20.3. The number of hydrogen-bond donors (Lipinski definition) is 4. The van der Waals surface area contributed by atoms with Gasteiger partial charge in [-0.3, -0.25) is 9.59 Å². The number of anilines is 3. The average Bonchev–Trinajstić information content (AvgIpc) is 3.85. The zero-order valence-corrected chi connectivity index (χ0v) is 47.9. The number of carbonyl (C=O) groups is 2. The van der Waals surface area contributed by atoms with E-state index in [1.807, 2.05) is 75.9 Å². The van der Waals surface area contributed by atoms with Gasteiger partial charge in [0.05, 0.1) is 55.3 Å². The van der Waals surface area contributed by atoms with Crippen molar-refractivity contribution in [2.24, 2.45) is 5.92 Å². The fraction of sp³-hybridized carbons (Fsp3) is 0.419. The molecule has 79 heavy (non-hydrogen) atoms. The first-order chi connectivity index (χ1) is 37.6. The van der Waals surface area contributed by atoms with Crippen molar-refractivity contribution in [3.8, 4) is 23.3 Å². The van der Waals surface area contributed by atoms with E-state index in [2.05, 4.69) is 108 Å². The predicted molar refractivity (Wildman–Crippen MR) is 310 cm³/mol. The second kappa shape index (κ2) is 24.6. The zero-order valence-electron chi connectivity index (χ0n) is 46.9. The van der Waals surface area contributed by atoms with Crippen molar-refractivity contribution in [3.63, 3.8) is 0 Å². The predicted octanol–water partition coefficient (Wildman–Crippen LogP) is 9.79. The largest absolute Gasteiger partial charge is 0.495 e. The summed E-state index contributed by atoms with van der Waals surface area (Å²) in [5, 5.41) is 15.5. The van der Waals surface area contributed by atoms with Gasteiger partial charge in [-0.1, -0.05) is 113 Å². The number of rotatable bonds is 17. The van der Waals surface area contributed by atoms with E-state index in [1.165, 1.54) is 17.5 Å². The lowest BCUT2D eigenvalue weighted by Gasteiger charge is -2.44. The molecule has 6 atom stereocenters. The molecule has 5 aromatic carbocycles. The first kappa shape index (κ1) is 58.2. The number of amides is 2. The van der Waals surface area contributed by atoms with Crippen molar-refractivity contribution in [1.82, 2.24) is 20.1 Å². The fourth-order valence-electron chi connectivity index (χ4n) is 11.2. The number of ether oxygens (including phenoxy) is 2. The van der Waals surface area contributed by atoms with Crippen molar-refractivity contribution in [2.45, 2.75) is 116 Å². The number of aromatic nitrogens is 1. The van der Waals surface area contributed by atoms with Crippen molar-refractivity contribution >= 4 is 58.5 Å². The fourth-order valence-corrected chi connectivity index (χ4v) is 15.8. The Morgan fingerprint density at radius 2 is 1.57 bits per heavy atom. The standard InChI is InChI=1S/C62H75F4N7O5Si/c1-40(2)58-60(75)69-45(38-77-79(61(5,6)7,48-20-13-11-14-21-48)49-22-15-12-16-23-49)33-43-26-28-47(36-56(43)72(58)9)78-42(4)41(3)68-59(74)44-27-29-57(76-10)54(34-44)67-31-18-19-46-35-50-52(70-53-30-32-71(8)37-51(53)63)24-17-25-55(50)73(46)39-62(64,65)66/h11-17,20-29,34-36,40-42,45,51,53,58,67,70H,30-33,37-39H2,1-10H3,(H,68,74)(H,69,75)/t41-,42-,45-,51-,53+,58-/m0/s1. The van der Waals surface area contributed by atoms with Crippen LogP contribution in [0, 0.1) is 17.8 Å². The minimum atomic E-state index is -4.52. The summed E-state index contributed by atoms with van der Waals surface area (Å²) in [7, 11) is 2.38. The number of nitrogens with zero attached hydrogens (tertiary/aromatic N) is 3. The Morgan fingerprint density at radius 1 is 0.873 bits per heavy atom. The zero-order chi connectivity index (χ0) is 56.8. The first-order valence-electron chi connectivity index (χ1n) is 27.1. The molecule has 420 valence electrons. The van der Waals surface area contributed by atoms with E-state index >= 15 is 4.39 Å². The number of benzene rings is 5. The molecule has 17 heteroatoms. The van der Waals surface area contributed by atoms with E-state index in [0.717, 1.165) is 15.8 Å². The highest BCUT2D eigenvalue weighted by atomic mass is 28.4. The van der Waals surface area contributed by atoms with Crippen molar-refractivity contribution in [3.05, 3.63) is 138 Å². The highest BCUT2D eigenvalue weighted by Gasteiger charge is 2.50. The van der Waals surface area contributed by atoms with Crippen LogP contribution in [0.5, 0.6) is 11.5 Å². The van der Waals surface area contributed by atoms with Crippen LogP contribution in [0.2, 0.25) is 5.04 Å². The number of fused-ring (bicyclic) bond motifs is 2. The lowest BCUT2D eigenvalue weighted by molar-refractivity contribution is -0.140. The van der Waals surface area contributed by atoms with E-state index in [-0.39, 0.29) is 47.6 Å². The van der Waals surface area contributed by atoms with Gasteiger partial charge in [-0.15, -0.1) is 0 Å². The van der Waals surface area contributed by atoms with Gasteiger partial charge in [0.1, 0.15) is 36.4 Å². The van der Waals surface area contributed by atoms with Crippen LogP contribution in [0.15, 0.2) is 121 Å². The molecule has 12 nitrogen and oxygen atoms in total. The van der Waals surface area contributed by atoms with Gasteiger partial charge in [0.2, 0.25) is 5.91 Å². The van der Waals surface area contributed by atoms with Crippen molar-refractivity contribution < 1.29 is 41.1 Å². The smallest absolute Gasteiger partial charge is 0.406 e. The Hall–Kier alpha value is -7.00. The molecule has 1 aromatic heterocycles. The summed E-state index contributed by atoms with van der Waals surface area (Å²) in [5.41, 5.74) is 3.72. The van der Waals surface area contributed by atoms with Crippen molar-refractivity contribution in [1.29, 1.82) is 0 Å². The Kier molecular flexibility index (Phi) is 18.1. The molecule has 2 aliphatic rings. The van der Waals surface area contributed by atoms with Gasteiger partial charge in [0.25, 0.3) is 14.2 Å². The Labute approximate surface area is 463 Å². The Morgan fingerprint density at radius 3 is 2.20 bits per heavy atom. The molecule has 0 radical (unpaired) electrons. The summed E-state index contributed by atoms with van der Waals surface area (Å²) in [4.78, 5) is 32.1. The highest BCUT2D eigenvalue weighted by Crippen LogP contribution is 2.38. The highest BCUT2D eigenvalue weighted by molar-refractivity contribution is 6.99. The topological polar surface area (TPSA) is 121 Å². The van der Waals surface area contributed by atoms with E-state index in [4.69, 9.17) is 13.9 Å². The van der Waals surface area contributed by atoms with Crippen LogP contribution in [-0.2, 0) is 22.2 Å². The van der Waals surface area contributed by atoms with Crippen LogP contribution in [0.25, 0.3) is 10.9 Å². The third kappa shape index (κ3) is 13.4. The van der Waals surface area contributed by atoms with Gasteiger partial charge in [-0.05, 0) is 109 Å². The number of alkyl halides is 4. The van der Waals surface area contributed by atoms with Crippen LogP contribution in [0.3, 0.4) is 0 Å². The second-order valence-electron chi connectivity index (χ2n) is 22.4. The summed E-state index contributed by atoms with van der Waals surface area (Å²) in [5.74, 6) is 6.42. The van der Waals surface area contributed by atoms with Crippen molar-refractivity contribution in [2.75, 3.05) is 63.0 Å². The second-order valence-corrected chi connectivity index (χ2v) is 26.7. The molecular formula is C62H75F4N7O5Si. The lowest BCUT2D eigenvalue weighted by Crippen LogP contribution is -2.67. The molecule has 4 N–H and O–H groups in total. The number of nitrogens with one attached hydrogen (secondary N) is 4. The Bertz CT molecular complexity index is 3100. The van der Waals surface area contributed by atoms with Crippen LogP contribution in [0.1, 0.15) is 76.5 Å². The minimum Gasteiger partial charge on any atom is -0.495 e. The van der Waals surface area contributed by atoms with E-state index in [0.29, 0.717) is 65.3 Å². The normalized spacial score (nSPS) is 19.0. The molecule has 0 saturated carbocycles. The maximum atomic E-state index is 15.0. The van der Waals surface area contributed by atoms with E-state index in [1.54, 1.807) is 42.5 Å². The Balaban J connectivity index is 0.951. The number of piperidine rings is 1. The van der Waals surface area contributed by atoms with Gasteiger partial charge in [-0.2, -0.15) is 13.2 Å². The summed E-state index contributed by atoms with van der Waals surface area (Å²) in [6.45, 7) is 14.6. The number of likely N-dealkylation sites (tertiary alicyclic amines) is 1. The van der Waals surface area contributed by atoms with Gasteiger partial charge in [0, 0.05) is 48.5 Å². The quantitative estimate of drug-likeness (QED) is 0.0402. The molecule has 6 aromatic rings. The molecule has 0 bridgehead atoms. The van der Waals surface area contributed by atoms with Crippen LogP contribution < -0.4 is 46.0 Å². The number of hydrogen-bond acceptors (Lipinski definition) is 9. The van der Waals surface area contributed by atoms with Gasteiger partial charge >= 0.3 is 6.18 Å². The number of methoxy groups -OCH3 is 1. The summed E-state index contributed by atoms with van der Waals surface area (Å²) in [6, 6.07) is 36.7. The summed E-state index contributed by atoms with van der Waals surface area (Å²) < 4.78 is 77.6. The molecule has 1 fully saturated rings. The van der Waals surface area contributed by atoms with Gasteiger partial charge < -0.3 is 49.5 Å². The maximum absolute atomic E-state index is 15.0. The molecular weight excluding hydrogens is 1030 g/mol. The molecule has 1 saturated heterocycles. The molecule has 8 rings (SSSR count). The van der Waals surface area contributed by atoms with E-state index < -0.39 is 51.4 Å². The van der Waals surface area contributed by atoms with E-state index in [9.17, 15) is 22.8 Å². The van der Waals surface area contributed by atoms with Crippen LogP contribution >= 0.6 is 0 Å². The SMILES string of the molecule is COc1ccc(C(=O)N[C@@H](C)[C@H](C)Oc2ccc3c(c2)N(C)[C@@H](C(C)C)C(=O)N[C@H](CO[Si](c2ccccc2)(c2ccccc2)C(C)(C)C)C3)cc1NCC#Cc1cc2c(N[C@@H]3CCN(C)C[C@@H]3F)cccc2n1CC(F)(F)F. The lowest BCUT2D eigenvalue weighted by atomic mass is 9.95. The molecule has 2 aliphatic heterocycles. The molecule has 0 aliphatic carbocycles. The monoisotopic (exact) mass is 1100 g/mol. The average molecular weight is 1100 g/mol. The van der Waals surface area contributed by atoms with Crippen LogP contribution in [-0.4, -0.2) is 120 Å². The molecule has 0 spiro atoms. The maximum Gasteiger partial charge on any atom is 0.406 e. The summed E-state index contributed by atoms with van der Waals surface area (Å²) >= 11 is 0. The number of halogens is 4. The van der Waals surface area contributed by atoms with Gasteiger partial charge in [-0.25, -0.2) is 4.39 Å². The molecule has 2 amide bonds.